The van der Waals surface area contributed by atoms with Crippen LogP contribution >= 0.6 is 22.7 Å². The summed E-state index contributed by atoms with van der Waals surface area (Å²) in [6, 6.07) is 11.9. The molecule has 3 rings (SSSR count). The Morgan fingerprint density at radius 1 is 1.21 bits per heavy atom. The third-order valence-electron chi connectivity index (χ3n) is 3.49. The molecule has 2 amide bonds. The van der Waals surface area contributed by atoms with E-state index in [1.807, 2.05) is 49.6 Å². The predicted molar refractivity (Wildman–Crippen MR) is 99.7 cm³/mol. The number of anilines is 1. The van der Waals surface area contributed by atoms with Crippen molar-refractivity contribution in [1.29, 1.82) is 0 Å². The number of aryl methyl sites for hydroxylation is 1. The number of hydrogen-bond donors (Lipinski definition) is 2. The number of aromatic nitrogens is 2. The molecule has 7 heteroatoms. The molecule has 2 N–H and O–H groups in total. The SMILES string of the molecule is Cc1ccccc1-c1nnc(NC(=O)NC(C)Cc2cccs2)s1. The Balaban J connectivity index is 1.58. The minimum Gasteiger partial charge on any atom is -0.335 e. The van der Waals surface area contributed by atoms with Gasteiger partial charge in [0.15, 0.2) is 0 Å². The fourth-order valence-electron chi connectivity index (χ4n) is 2.33. The highest BCUT2D eigenvalue weighted by molar-refractivity contribution is 7.18. The molecule has 0 aliphatic rings. The number of benzene rings is 1. The van der Waals surface area contributed by atoms with Crippen molar-refractivity contribution in [1.82, 2.24) is 15.5 Å². The topological polar surface area (TPSA) is 66.9 Å². The van der Waals surface area contributed by atoms with Crippen molar-refractivity contribution in [3.8, 4) is 10.6 Å². The number of rotatable bonds is 5. The van der Waals surface area contributed by atoms with Crippen LogP contribution in [-0.4, -0.2) is 22.3 Å². The lowest BCUT2D eigenvalue weighted by Crippen LogP contribution is -2.37. The third-order valence-corrected chi connectivity index (χ3v) is 5.26. The number of nitrogens with one attached hydrogen (secondary N) is 2. The molecule has 1 aromatic carbocycles. The molecule has 0 spiro atoms. The molecule has 0 aliphatic heterocycles. The van der Waals surface area contributed by atoms with Crippen LogP contribution in [0.2, 0.25) is 0 Å². The normalized spacial score (nSPS) is 11.9. The van der Waals surface area contributed by atoms with Crippen LogP contribution in [0.1, 0.15) is 17.4 Å². The highest BCUT2D eigenvalue weighted by atomic mass is 32.1. The quantitative estimate of drug-likeness (QED) is 0.713. The molecule has 24 heavy (non-hydrogen) atoms. The first-order valence-corrected chi connectivity index (χ1v) is 9.31. The van der Waals surface area contributed by atoms with Crippen LogP contribution in [0.5, 0.6) is 0 Å². The Hall–Kier alpha value is -2.25. The molecule has 2 heterocycles. The minimum atomic E-state index is -0.258. The summed E-state index contributed by atoms with van der Waals surface area (Å²) in [5.41, 5.74) is 2.17. The molecular formula is C17H18N4OS2. The number of carbonyl (C=O) groups excluding carboxylic acids is 1. The second kappa shape index (κ2) is 7.55. The van der Waals surface area contributed by atoms with Gasteiger partial charge in [-0.2, -0.15) is 0 Å². The van der Waals surface area contributed by atoms with Gasteiger partial charge in [0.1, 0.15) is 5.01 Å². The van der Waals surface area contributed by atoms with Gasteiger partial charge in [-0.1, -0.05) is 41.7 Å². The summed E-state index contributed by atoms with van der Waals surface area (Å²) < 4.78 is 0. The first-order valence-electron chi connectivity index (χ1n) is 7.61. The molecule has 3 aromatic rings. The summed E-state index contributed by atoms with van der Waals surface area (Å²) in [5, 5.41) is 17.2. The lowest BCUT2D eigenvalue weighted by molar-refractivity contribution is 0.249. The van der Waals surface area contributed by atoms with Crippen molar-refractivity contribution < 1.29 is 4.79 Å². The lowest BCUT2D eigenvalue weighted by Gasteiger charge is -2.12. The Morgan fingerprint density at radius 2 is 2.04 bits per heavy atom. The standard InChI is InChI=1S/C17H18N4OS2/c1-11-6-3-4-8-14(11)15-20-21-17(24-15)19-16(22)18-12(2)10-13-7-5-9-23-13/h3-9,12H,10H2,1-2H3,(H2,18,19,21,22). The zero-order chi connectivity index (χ0) is 16.9. The number of carbonyl (C=O) groups is 1. The van der Waals surface area contributed by atoms with Gasteiger partial charge in [0.05, 0.1) is 0 Å². The van der Waals surface area contributed by atoms with Gasteiger partial charge in [-0.15, -0.1) is 21.5 Å². The largest absolute Gasteiger partial charge is 0.335 e. The van der Waals surface area contributed by atoms with Gasteiger partial charge in [-0.25, -0.2) is 4.79 Å². The molecule has 0 fully saturated rings. The number of hydrogen-bond acceptors (Lipinski definition) is 5. The third kappa shape index (κ3) is 4.18. The fraction of sp³-hybridized carbons (Fsp3) is 0.235. The van der Waals surface area contributed by atoms with Crippen LogP contribution in [0.25, 0.3) is 10.6 Å². The van der Waals surface area contributed by atoms with Crippen molar-refractivity contribution in [3.05, 3.63) is 52.2 Å². The molecular weight excluding hydrogens is 340 g/mol. The molecule has 1 atom stereocenters. The van der Waals surface area contributed by atoms with Crippen LogP contribution in [0.4, 0.5) is 9.93 Å². The zero-order valence-corrected chi connectivity index (χ0v) is 15.1. The van der Waals surface area contributed by atoms with Gasteiger partial charge >= 0.3 is 6.03 Å². The maximum atomic E-state index is 12.1. The van der Waals surface area contributed by atoms with E-state index in [-0.39, 0.29) is 12.1 Å². The second-order valence-corrected chi connectivity index (χ2v) is 7.52. The molecule has 0 radical (unpaired) electrons. The van der Waals surface area contributed by atoms with E-state index in [9.17, 15) is 4.79 Å². The molecule has 0 aliphatic carbocycles. The zero-order valence-electron chi connectivity index (χ0n) is 13.4. The van der Waals surface area contributed by atoms with E-state index in [4.69, 9.17) is 0 Å². The molecule has 124 valence electrons. The molecule has 2 aromatic heterocycles. The summed E-state index contributed by atoms with van der Waals surface area (Å²) in [7, 11) is 0. The van der Waals surface area contributed by atoms with Crippen LogP contribution in [0.15, 0.2) is 41.8 Å². The van der Waals surface area contributed by atoms with Gasteiger partial charge < -0.3 is 5.32 Å². The first kappa shape index (κ1) is 16.6. The summed E-state index contributed by atoms with van der Waals surface area (Å²) in [6.45, 7) is 4.01. The van der Waals surface area contributed by atoms with Crippen LogP contribution < -0.4 is 10.6 Å². The smallest absolute Gasteiger partial charge is 0.321 e. The van der Waals surface area contributed by atoms with Crippen LogP contribution in [0, 0.1) is 6.92 Å². The molecule has 1 unspecified atom stereocenters. The Bertz CT molecular complexity index is 814. The van der Waals surface area contributed by atoms with E-state index < -0.39 is 0 Å². The second-order valence-electron chi connectivity index (χ2n) is 5.51. The maximum absolute atomic E-state index is 12.1. The van der Waals surface area contributed by atoms with E-state index in [0.29, 0.717) is 5.13 Å². The average molecular weight is 358 g/mol. The summed E-state index contributed by atoms with van der Waals surface area (Å²) in [6.07, 6.45) is 0.815. The highest BCUT2D eigenvalue weighted by Gasteiger charge is 2.13. The Morgan fingerprint density at radius 3 is 2.79 bits per heavy atom. The van der Waals surface area contributed by atoms with E-state index in [1.54, 1.807) is 11.3 Å². The fourth-order valence-corrected chi connectivity index (χ4v) is 4.00. The lowest BCUT2D eigenvalue weighted by atomic mass is 10.1. The first-order chi connectivity index (χ1) is 11.6. The number of amides is 2. The molecule has 0 saturated carbocycles. The van der Waals surface area contributed by atoms with Gasteiger partial charge in [0.2, 0.25) is 5.13 Å². The van der Waals surface area contributed by atoms with Crippen LogP contribution in [0.3, 0.4) is 0 Å². The molecule has 0 saturated heterocycles. The van der Waals surface area contributed by atoms with Crippen molar-refractivity contribution in [3.63, 3.8) is 0 Å². The average Bonchev–Trinajstić information content (AvgIpc) is 3.19. The van der Waals surface area contributed by atoms with Gasteiger partial charge in [-0.05, 0) is 30.9 Å². The van der Waals surface area contributed by atoms with Crippen molar-refractivity contribution in [2.75, 3.05) is 5.32 Å². The Labute approximate surface area is 148 Å². The number of urea groups is 1. The monoisotopic (exact) mass is 358 g/mol. The Kier molecular flexibility index (Phi) is 5.22. The van der Waals surface area contributed by atoms with E-state index >= 15 is 0 Å². The molecule has 0 bridgehead atoms. The van der Waals surface area contributed by atoms with E-state index in [1.165, 1.54) is 16.2 Å². The van der Waals surface area contributed by atoms with E-state index in [0.717, 1.165) is 22.6 Å². The predicted octanol–water partition coefficient (Wildman–Crippen LogP) is 4.33. The van der Waals surface area contributed by atoms with Crippen molar-refractivity contribution in [2.45, 2.75) is 26.3 Å². The minimum absolute atomic E-state index is 0.0485. The van der Waals surface area contributed by atoms with Crippen molar-refractivity contribution in [2.24, 2.45) is 0 Å². The summed E-state index contributed by atoms with van der Waals surface area (Å²) in [4.78, 5) is 13.3. The van der Waals surface area contributed by atoms with Crippen LogP contribution in [-0.2, 0) is 6.42 Å². The van der Waals surface area contributed by atoms with E-state index in [2.05, 4.69) is 26.9 Å². The van der Waals surface area contributed by atoms with Gasteiger partial charge in [0, 0.05) is 22.9 Å². The number of thiophene rings is 1. The molecule has 5 nitrogen and oxygen atoms in total. The summed E-state index contributed by atoms with van der Waals surface area (Å²) in [5.74, 6) is 0. The summed E-state index contributed by atoms with van der Waals surface area (Å²) >= 11 is 3.06. The number of nitrogens with zero attached hydrogens (tertiary/aromatic N) is 2. The van der Waals surface area contributed by atoms with Crippen molar-refractivity contribution >= 4 is 33.8 Å². The van der Waals surface area contributed by atoms with Gasteiger partial charge in [-0.3, -0.25) is 5.32 Å². The van der Waals surface area contributed by atoms with Gasteiger partial charge in [0.25, 0.3) is 0 Å². The maximum Gasteiger partial charge on any atom is 0.321 e. The highest BCUT2D eigenvalue weighted by Crippen LogP contribution is 2.28.